The standard InChI is InChI=1S/C15H20N2O2/c1-15(2,8-9-18)11-17-14(19)13(10-16)12-6-4-3-5-7-12/h3-7,13,18H,8-9,11H2,1-2H3,(H,17,19). The van der Waals surface area contributed by atoms with Gasteiger partial charge in [0.25, 0.3) is 0 Å². The van der Waals surface area contributed by atoms with E-state index in [1.807, 2.05) is 38.1 Å². The third-order valence-electron chi connectivity index (χ3n) is 3.05. The largest absolute Gasteiger partial charge is 0.396 e. The van der Waals surface area contributed by atoms with Crippen molar-refractivity contribution in [1.82, 2.24) is 5.32 Å². The Bertz CT molecular complexity index is 449. The summed E-state index contributed by atoms with van der Waals surface area (Å²) >= 11 is 0. The van der Waals surface area contributed by atoms with E-state index < -0.39 is 5.92 Å². The highest BCUT2D eigenvalue weighted by Gasteiger charge is 2.23. The van der Waals surface area contributed by atoms with Gasteiger partial charge < -0.3 is 10.4 Å². The molecule has 1 rings (SSSR count). The number of rotatable bonds is 6. The van der Waals surface area contributed by atoms with Crippen molar-refractivity contribution in [2.45, 2.75) is 26.2 Å². The van der Waals surface area contributed by atoms with Crippen LogP contribution >= 0.6 is 0 Å². The fraction of sp³-hybridized carbons (Fsp3) is 0.467. The van der Waals surface area contributed by atoms with E-state index in [2.05, 4.69) is 5.32 Å². The van der Waals surface area contributed by atoms with Crippen LogP contribution in [-0.2, 0) is 4.79 Å². The van der Waals surface area contributed by atoms with Crippen molar-refractivity contribution in [3.63, 3.8) is 0 Å². The molecule has 0 aromatic heterocycles. The van der Waals surface area contributed by atoms with Crippen LogP contribution in [0, 0.1) is 16.7 Å². The van der Waals surface area contributed by atoms with Crippen molar-refractivity contribution in [2.24, 2.45) is 5.41 Å². The number of aliphatic hydroxyl groups is 1. The highest BCUT2D eigenvalue weighted by atomic mass is 16.3. The molecule has 1 aromatic carbocycles. The van der Waals surface area contributed by atoms with Gasteiger partial charge in [-0.25, -0.2) is 0 Å². The third-order valence-corrected chi connectivity index (χ3v) is 3.05. The topological polar surface area (TPSA) is 73.1 Å². The van der Waals surface area contributed by atoms with Gasteiger partial charge in [-0.2, -0.15) is 5.26 Å². The van der Waals surface area contributed by atoms with Gasteiger partial charge in [-0.1, -0.05) is 44.2 Å². The van der Waals surface area contributed by atoms with Gasteiger partial charge in [0.05, 0.1) is 6.07 Å². The summed E-state index contributed by atoms with van der Waals surface area (Å²) in [6.45, 7) is 4.46. The molecule has 0 aliphatic carbocycles. The molecule has 0 spiro atoms. The molecule has 0 heterocycles. The Hall–Kier alpha value is -1.86. The maximum Gasteiger partial charge on any atom is 0.241 e. The molecule has 1 unspecified atom stereocenters. The first kappa shape index (κ1) is 15.2. The Morgan fingerprint density at radius 1 is 1.42 bits per heavy atom. The zero-order valence-corrected chi connectivity index (χ0v) is 11.4. The predicted molar refractivity (Wildman–Crippen MR) is 73.3 cm³/mol. The zero-order chi connectivity index (χ0) is 14.3. The summed E-state index contributed by atoms with van der Waals surface area (Å²) in [5, 5.41) is 20.9. The van der Waals surface area contributed by atoms with Gasteiger partial charge in [0, 0.05) is 13.2 Å². The predicted octanol–water partition coefficient (Wildman–Crippen LogP) is 1.82. The monoisotopic (exact) mass is 260 g/mol. The maximum absolute atomic E-state index is 12.0. The first-order valence-corrected chi connectivity index (χ1v) is 6.33. The molecule has 1 atom stereocenters. The number of carbonyl (C=O) groups excluding carboxylic acids is 1. The number of aliphatic hydroxyl groups excluding tert-OH is 1. The molecule has 4 nitrogen and oxygen atoms in total. The van der Waals surface area contributed by atoms with Crippen molar-refractivity contribution in [2.75, 3.05) is 13.2 Å². The molecular formula is C15H20N2O2. The van der Waals surface area contributed by atoms with Crippen molar-refractivity contribution in [1.29, 1.82) is 5.26 Å². The van der Waals surface area contributed by atoms with Crippen LogP contribution in [0.4, 0.5) is 0 Å². The fourth-order valence-electron chi connectivity index (χ4n) is 1.75. The van der Waals surface area contributed by atoms with E-state index in [1.54, 1.807) is 12.1 Å². The average molecular weight is 260 g/mol. The van der Waals surface area contributed by atoms with Crippen molar-refractivity contribution in [3.8, 4) is 6.07 Å². The molecule has 1 aromatic rings. The number of nitriles is 1. The quantitative estimate of drug-likeness (QED) is 0.819. The van der Waals surface area contributed by atoms with Crippen LogP contribution in [0.1, 0.15) is 31.7 Å². The molecule has 19 heavy (non-hydrogen) atoms. The second-order valence-corrected chi connectivity index (χ2v) is 5.33. The number of nitrogens with one attached hydrogen (secondary N) is 1. The molecule has 0 saturated heterocycles. The van der Waals surface area contributed by atoms with Gasteiger partial charge in [-0.3, -0.25) is 4.79 Å². The van der Waals surface area contributed by atoms with E-state index in [1.165, 1.54) is 0 Å². The highest BCUT2D eigenvalue weighted by molar-refractivity contribution is 5.86. The number of hydrogen-bond acceptors (Lipinski definition) is 3. The Morgan fingerprint density at radius 3 is 2.58 bits per heavy atom. The number of carbonyl (C=O) groups is 1. The van der Waals surface area contributed by atoms with Crippen molar-refractivity contribution < 1.29 is 9.90 Å². The smallest absolute Gasteiger partial charge is 0.241 e. The number of benzene rings is 1. The maximum atomic E-state index is 12.0. The van der Waals surface area contributed by atoms with Gasteiger partial charge in [-0.15, -0.1) is 0 Å². The summed E-state index contributed by atoms with van der Waals surface area (Å²) in [7, 11) is 0. The Labute approximate surface area is 114 Å². The van der Waals surface area contributed by atoms with Crippen LogP contribution in [-0.4, -0.2) is 24.2 Å². The minimum absolute atomic E-state index is 0.0865. The molecular weight excluding hydrogens is 240 g/mol. The van der Waals surface area contributed by atoms with Crippen LogP contribution < -0.4 is 5.32 Å². The molecule has 0 aliphatic rings. The van der Waals surface area contributed by atoms with E-state index in [0.717, 1.165) is 0 Å². The SMILES string of the molecule is CC(C)(CCO)CNC(=O)C(C#N)c1ccccc1. The Kier molecular flexibility index (Phi) is 5.53. The Morgan fingerprint density at radius 2 is 2.05 bits per heavy atom. The molecule has 102 valence electrons. The molecule has 0 saturated carbocycles. The van der Waals surface area contributed by atoms with Crippen LogP contribution in [0.3, 0.4) is 0 Å². The summed E-state index contributed by atoms with van der Waals surface area (Å²) in [5.41, 5.74) is 0.517. The molecule has 0 aliphatic heterocycles. The second kappa shape index (κ2) is 6.91. The Balaban J connectivity index is 2.64. The molecule has 2 N–H and O–H groups in total. The van der Waals surface area contributed by atoms with E-state index in [9.17, 15) is 4.79 Å². The summed E-state index contributed by atoms with van der Waals surface area (Å²) in [6, 6.07) is 11.0. The number of amides is 1. The lowest BCUT2D eigenvalue weighted by Gasteiger charge is -2.24. The van der Waals surface area contributed by atoms with Gasteiger partial charge in [0.2, 0.25) is 5.91 Å². The lowest BCUT2D eigenvalue weighted by molar-refractivity contribution is -0.121. The first-order chi connectivity index (χ1) is 9.00. The van der Waals surface area contributed by atoms with E-state index >= 15 is 0 Å². The number of hydrogen-bond donors (Lipinski definition) is 2. The second-order valence-electron chi connectivity index (χ2n) is 5.33. The lowest BCUT2D eigenvalue weighted by Crippen LogP contribution is -2.37. The normalized spacial score (nSPS) is 12.5. The molecule has 0 fully saturated rings. The lowest BCUT2D eigenvalue weighted by atomic mass is 9.89. The highest BCUT2D eigenvalue weighted by Crippen LogP contribution is 2.19. The van der Waals surface area contributed by atoms with Gasteiger partial charge >= 0.3 is 0 Å². The minimum Gasteiger partial charge on any atom is -0.396 e. The summed E-state index contributed by atoms with van der Waals surface area (Å²) in [6.07, 6.45) is 0.607. The fourth-order valence-corrected chi connectivity index (χ4v) is 1.75. The van der Waals surface area contributed by atoms with Gasteiger partial charge in [-0.05, 0) is 17.4 Å². The zero-order valence-electron chi connectivity index (χ0n) is 11.4. The van der Waals surface area contributed by atoms with Crippen LogP contribution in [0.25, 0.3) is 0 Å². The van der Waals surface area contributed by atoms with Gasteiger partial charge in [0.1, 0.15) is 5.92 Å². The van der Waals surface area contributed by atoms with E-state index in [0.29, 0.717) is 18.5 Å². The third kappa shape index (κ3) is 4.72. The molecule has 1 amide bonds. The number of nitrogens with zero attached hydrogens (tertiary/aromatic N) is 1. The average Bonchev–Trinajstić information content (AvgIpc) is 2.39. The summed E-state index contributed by atoms with van der Waals surface area (Å²) in [4.78, 5) is 12.0. The van der Waals surface area contributed by atoms with Crippen LogP contribution in [0.15, 0.2) is 30.3 Å². The van der Waals surface area contributed by atoms with Crippen LogP contribution in [0.5, 0.6) is 0 Å². The minimum atomic E-state index is -0.786. The molecule has 0 radical (unpaired) electrons. The van der Waals surface area contributed by atoms with E-state index in [4.69, 9.17) is 10.4 Å². The van der Waals surface area contributed by atoms with Crippen LogP contribution in [0.2, 0.25) is 0 Å². The molecule has 0 bridgehead atoms. The first-order valence-electron chi connectivity index (χ1n) is 6.33. The summed E-state index contributed by atoms with van der Waals surface area (Å²) in [5.74, 6) is -1.08. The molecule has 4 heteroatoms. The van der Waals surface area contributed by atoms with E-state index in [-0.39, 0.29) is 17.9 Å². The summed E-state index contributed by atoms with van der Waals surface area (Å²) < 4.78 is 0. The van der Waals surface area contributed by atoms with Crippen molar-refractivity contribution >= 4 is 5.91 Å². The van der Waals surface area contributed by atoms with Gasteiger partial charge in [0.15, 0.2) is 0 Å². The van der Waals surface area contributed by atoms with Crippen molar-refractivity contribution in [3.05, 3.63) is 35.9 Å².